The molecule has 174 valence electrons. The van der Waals surface area contributed by atoms with Gasteiger partial charge in [0.05, 0.1) is 30.9 Å². The van der Waals surface area contributed by atoms with E-state index in [1.165, 1.54) is 29.6 Å². The molecule has 1 aliphatic heterocycles. The van der Waals surface area contributed by atoms with E-state index in [0.717, 1.165) is 10.8 Å². The molecular weight excluding hydrogens is 468 g/mol. The second-order valence-corrected chi connectivity index (χ2v) is 9.65. The predicted octanol–water partition coefficient (Wildman–Crippen LogP) is 3.54. The third-order valence-electron chi connectivity index (χ3n) is 5.24. The Morgan fingerprint density at radius 3 is 2.48 bits per heavy atom. The van der Waals surface area contributed by atoms with Gasteiger partial charge >= 0.3 is 0 Å². The fourth-order valence-corrected chi connectivity index (χ4v) is 5.23. The first-order valence-corrected chi connectivity index (χ1v) is 12.1. The first-order valence-electron chi connectivity index (χ1n) is 10.3. The van der Waals surface area contributed by atoms with Crippen LogP contribution in [0.1, 0.15) is 0 Å². The van der Waals surface area contributed by atoms with Crippen molar-refractivity contribution in [3.8, 4) is 11.5 Å². The van der Waals surface area contributed by atoms with Crippen molar-refractivity contribution in [2.24, 2.45) is 0 Å². The Balaban J connectivity index is 1.51. The smallest absolute Gasteiger partial charge is 0.262 e. The van der Waals surface area contributed by atoms with Gasteiger partial charge in [0.2, 0.25) is 10.0 Å². The van der Waals surface area contributed by atoms with Crippen LogP contribution in [-0.2, 0) is 19.6 Å². The maximum absolute atomic E-state index is 13.0. The van der Waals surface area contributed by atoms with Gasteiger partial charge in [0.15, 0.2) is 6.61 Å². The van der Waals surface area contributed by atoms with Crippen molar-refractivity contribution in [2.75, 3.05) is 45.3 Å². The summed E-state index contributed by atoms with van der Waals surface area (Å²) in [4.78, 5) is 12.7. The number of morpholine rings is 1. The molecule has 1 saturated heterocycles. The molecule has 0 aliphatic carbocycles. The van der Waals surface area contributed by atoms with Crippen LogP contribution in [-0.4, -0.2) is 58.7 Å². The summed E-state index contributed by atoms with van der Waals surface area (Å²) in [6, 6.07) is 15.2. The number of fused-ring (bicyclic) bond motifs is 1. The van der Waals surface area contributed by atoms with E-state index in [2.05, 4.69) is 5.32 Å². The number of methoxy groups -OCH3 is 1. The molecule has 3 aromatic carbocycles. The zero-order valence-corrected chi connectivity index (χ0v) is 19.5. The molecule has 0 aromatic heterocycles. The number of halogens is 1. The molecule has 8 nitrogen and oxygen atoms in total. The molecule has 0 spiro atoms. The minimum absolute atomic E-state index is 0.0603. The highest BCUT2D eigenvalue weighted by molar-refractivity contribution is 7.89. The highest BCUT2D eigenvalue weighted by Gasteiger charge is 2.27. The summed E-state index contributed by atoms with van der Waals surface area (Å²) in [6.07, 6.45) is 0. The fourth-order valence-electron chi connectivity index (χ4n) is 3.57. The molecule has 0 bridgehead atoms. The zero-order chi connectivity index (χ0) is 23.4. The molecule has 0 saturated carbocycles. The zero-order valence-electron chi connectivity index (χ0n) is 17.9. The first kappa shape index (κ1) is 23.3. The van der Waals surface area contributed by atoms with Gasteiger partial charge in [-0.05, 0) is 30.3 Å². The van der Waals surface area contributed by atoms with Crippen molar-refractivity contribution in [3.05, 3.63) is 59.6 Å². The van der Waals surface area contributed by atoms with Gasteiger partial charge in [-0.2, -0.15) is 4.31 Å². The van der Waals surface area contributed by atoms with E-state index in [1.54, 1.807) is 12.1 Å². The standard InChI is InChI=1S/C23H23ClN2O6S/c1-30-22-8-6-16(33(28,29)26-10-12-31-13-11-26)14-20(22)25-23(27)15-32-21-9-7-19(24)17-4-2-3-5-18(17)21/h2-9,14H,10-13,15H2,1H3,(H,25,27). The van der Waals surface area contributed by atoms with Crippen molar-refractivity contribution >= 4 is 44.0 Å². The summed E-state index contributed by atoms with van der Waals surface area (Å²) >= 11 is 6.23. The van der Waals surface area contributed by atoms with Crippen LogP contribution in [0.5, 0.6) is 11.5 Å². The Morgan fingerprint density at radius 2 is 1.76 bits per heavy atom. The number of sulfonamides is 1. The molecule has 1 aliphatic rings. The summed E-state index contributed by atoms with van der Waals surface area (Å²) in [5.41, 5.74) is 0.237. The molecule has 1 amide bonds. The Kier molecular flexibility index (Phi) is 7.04. The number of anilines is 1. The summed E-state index contributed by atoms with van der Waals surface area (Å²) < 4.78 is 43.6. The molecule has 0 radical (unpaired) electrons. The number of carbonyl (C=O) groups excluding carboxylic acids is 1. The van der Waals surface area contributed by atoms with Gasteiger partial charge < -0.3 is 19.5 Å². The molecular formula is C23H23ClN2O6S. The van der Waals surface area contributed by atoms with Gasteiger partial charge in [-0.3, -0.25) is 4.79 Å². The predicted molar refractivity (Wildman–Crippen MR) is 126 cm³/mol. The molecule has 4 rings (SSSR count). The number of nitrogens with zero attached hydrogens (tertiary/aromatic N) is 1. The molecule has 0 unspecified atom stereocenters. The van der Waals surface area contributed by atoms with Crippen LogP contribution in [0.4, 0.5) is 5.69 Å². The normalized spacial score (nSPS) is 14.7. The topological polar surface area (TPSA) is 94.2 Å². The Bertz CT molecular complexity index is 1280. The van der Waals surface area contributed by atoms with Crippen LogP contribution in [0.3, 0.4) is 0 Å². The van der Waals surface area contributed by atoms with Gasteiger partial charge in [-0.25, -0.2) is 8.42 Å². The van der Waals surface area contributed by atoms with Gasteiger partial charge in [-0.15, -0.1) is 0 Å². The van der Waals surface area contributed by atoms with Crippen LogP contribution in [0.15, 0.2) is 59.5 Å². The first-order chi connectivity index (χ1) is 15.9. The molecule has 1 heterocycles. The van der Waals surface area contributed by atoms with Crippen LogP contribution in [0.2, 0.25) is 5.02 Å². The maximum Gasteiger partial charge on any atom is 0.262 e. The summed E-state index contributed by atoms with van der Waals surface area (Å²) in [5.74, 6) is 0.384. The highest BCUT2D eigenvalue weighted by Crippen LogP contribution is 2.32. The second kappa shape index (κ2) is 9.96. The quantitative estimate of drug-likeness (QED) is 0.544. The van der Waals surface area contributed by atoms with Crippen LogP contribution in [0.25, 0.3) is 10.8 Å². The van der Waals surface area contributed by atoms with E-state index < -0.39 is 15.9 Å². The minimum Gasteiger partial charge on any atom is -0.495 e. The van der Waals surface area contributed by atoms with Crippen LogP contribution >= 0.6 is 11.6 Å². The van der Waals surface area contributed by atoms with Gasteiger partial charge in [-0.1, -0.05) is 35.9 Å². The number of nitrogens with one attached hydrogen (secondary N) is 1. The molecule has 0 atom stereocenters. The Labute approximate surface area is 197 Å². The lowest BCUT2D eigenvalue weighted by Gasteiger charge is -2.26. The van der Waals surface area contributed by atoms with E-state index in [4.69, 9.17) is 25.8 Å². The van der Waals surface area contributed by atoms with Gasteiger partial charge in [0.25, 0.3) is 5.91 Å². The number of rotatable bonds is 7. The van der Waals surface area contributed by atoms with Crippen LogP contribution in [0, 0.1) is 0 Å². The SMILES string of the molecule is COc1ccc(S(=O)(=O)N2CCOCC2)cc1NC(=O)COc1ccc(Cl)c2ccccc12. The summed E-state index contributed by atoms with van der Waals surface area (Å²) in [6.45, 7) is 0.957. The minimum atomic E-state index is -3.73. The van der Waals surface area contributed by atoms with E-state index >= 15 is 0 Å². The lowest BCUT2D eigenvalue weighted by molar-refractivity contribution is -0.118. The number of ether oxygens (including phenoxy) is 3. The van der Waals surface area contributed by atoms with E-state index in [9.17, 15) is 13.2 Å². The molecule has 10 heteroatoms. The van der Waals surface area contributed by atoms with Crippen LogP contribution < -0.4 is 14.8 Å². The van der Waals surface area contributed by atoms with Crippen molar-refractivity contribution in [1.29, 1.82) is 0 Å². The molecule has 3 aromatic rings. The van der Waals surface area contributed by atoms with Crippen molar-refractivity contribution in [1.82, 2.24) is 4.31 Å². The Morgan fingerprint density at radius 1 is 1.06 bits per heavy atom. The number of hydrogen-bond donors (Lipinski definition) is 1. The average Bonchev–Trinajstić information content (AvgIpc) is 2.84. The second-order valence-electron chi connectivity index (χ2n) is 7.31. The van der Waals surface area contributed by atoms with Gasteiger partial charge in [0, 0.05) is 28.9 Å². The third kappa shape index (κ3) is 5.06. The fraction of sp³-hybridized carbons (Fsp3) is 0.261. The van der Waals surface area contributed by atoms with Crippen molar-refractivity contribution in [3.63, 3.8) is 0 Å². The average molecular weight is 491 g/mol. The monoisotopic (exact) mass is 490 g/mol. The lowest BCUT2D eigenvalue weighted by atomic mass is 10.1. The van der Waals surface area contributed by atoms with E-state index in [-0.39, 0.29) is 30.3 Å². The lowest BCUT2D eigenvalue weighted by Crippen LogP contribution is -2.40. The molecule has 33 heavy (non-hydrogen) atoms. The highest BCUT2D eigenvalue weighted by atomic mass is 35.5. The number of hydrogen-bond acceptors (Lipinski definition) is 6. The van der Waals surface area contributed by atoms with Gasteiger partial charge in [0.1, 0.15) is 11.5 Å². The summed E-state index contributed by atoms with van der Waals surface area (Å²) in [5, 5.41) is 4.88. The Hall–Kier alpha value is -2.85. The summed E-state index contributed by atoms with van der Waals surface area (Å²) in [7, 11) is -2.28. The largest absolute Gasteiger partial charge is 0.495 e. The van der Waals surface area contributed by atoms with Crippen molar-refractivity contribution < 1.29 is 27.4 Å². The van der Waals surface area contributed by atoms with E-state index in [1.807, 2.05) is 24.3 Å². The molecule has 1 N–H and O–H groups in total. The third-order valence-corrected chi connectivity index (χ3v) is 7.47. The van der Waals surface area contributed by atoms with Crippen molar-refractivity contribution in [2.45, 2.75) is 4.90 Å². The number of carbonyl (C=O) groups is 1. The number of benzene rings is 3. The number of amides is 1. The van der Waals surface area contributed by atoms with E-state index in [0.29, 0.717) is 29.7 Å². The maximum atomic E-state index is 13.0. The molecule has 1 fully saturated rings.